The van der Waals surface area contributed by atoms with Crippen molar-refractivity contribution >= 4 is 12.6 Å². The molecule has 0 rings (SSSR count). The second-order valence-electron chi connectivity index (χ2n) is 2.28. The van der Waals surface area contributed by atoms with Crippen molar-refractivity contribution in [3.05, 3.63) is 0 Å². The van der Waals surface area contributed by atoms with Gasteiger partial charge in [-0.05, 0) is 0 Å². The molecule has 0 radical (unpaired) electrons. The summed E-state index contributed by atoms with van der Waals surface area (Å²) in [4.78, 5) is 2.12. The second kappa shape index (κ2) is 8.33. The number of rotatable bonds is 7. The Kier molecular flexibility index (Phi) is 8.50. The lowest BCUT2D eigenvalue weighted by molar-refractivity contribution is 0.135. The van der Waals surface area contributed by atoms with Crippen molar-refractivity contribution in [1.82, 2.24) is 4.90 Å². The van der Waals surface area contributed by atoms with Crippen molar-refractivity contribution in [2.45, 2.75) is 0 Å². The molecule has 0 aliphatic heterocycles. The van der Waals surface area contributed by atoms with Crippen LogP contribution in [0.15, 0.2) is 0 Å². The number of hydrogen-bond acceptors (Lipinski definition) is 4. The molecule has 0 aliphatic rings. The summed E-state index contributed by atoms with van der Waals surface area (Å²) in [7, 11) is 1.68. The van der Waals surface area contributed by atoms with E-state index in [1.807, 2.05) is 0 Å². The minimum absolute atomic E-state index is 0.206. The summed E-state index contributed by atoms with van der Waals surface area (Å²) in [5.74, 6) is 0.823. The molecule has 4 heteroatoms. The molecule has 11 heavy (non-hydrogen) atoms. The monoisotopic (exact) mass is 179 g/mol. The first kappa shape index (κ1) is 11.2. The lowest BCUT2D eigenvalue weighted by Crippen LogP contribution is -2.31. The minimum Gasteiger partial charge on any atom is -0.395 e. The van der Waals surface area contributed by atoms with Gasteiger partial charge in [0.25, 0.3) is 0 Å². The first-order chi connectivity index (χ1) is 5.35. The highest BCUT2D eigenvalue weighted by Crippen LogP contribution is 1.88. The van der Waals surface area contributed by atoms with Crippen LogP contribution < -0.4 is 0 Å². The van der Waals surface area contributed by atoms with E-state index in [-0.39, 0.29) is 6.61 Å². The molecule has 0 aromatic heterocycles. The van der Waals surface area contributed by atoms with E-state index in [0.717, 1.165) is 18.8 Å². The summed E-state index contributed by atoms with van der Waals surface area (Å²) in [5, 5.41) is 8.66. The van der Waals surface area contributed by atoms with E-state index in [9.17, 15) is 0 Å². The molecule has 0 saturated carbocycles. The quantitative estimate of drug-likeness (QED) is 0.534. The lowest BCUT2D eigenvalue weighted by Gasteiger charge is -2.19. The van der Waals surface area contributed by atoms with Crippen molar-refractivity contribution in [3.8, 4) is 0 Å². The molecule has 1 N–H and O–H groups in total. The number of thiol groups is 1. The van der Waals surface area contributed by atoms with Crippen molar-refractivity contribution in [2.75, 3.05) is 45.7 Å². The summed E-state index contributed by atoms with van der Waals surface area (Å²) in [6.45, 7) is 3.42. The van der Waals surface area contributed by atoms with Crippen LogP contribution in [-0.4, -0.2) is 55.7 Å². The van der Waals surface area contributed by atoms with Crippen molar-refractivity contribution < 1.29 is 9.84 Å². The molecule has 68 valence electrons. The summed E-state index contributed by atoms with van der Waals surface area (Å²) in [6, 6.07) is 0. The number of aliphatic hydroxyl groups excluding tert-OH is 1. The minimum atomic E-state index is 0.206. The standard InChI is InChI=1S/C7H17NO2S/c1-10-6-3-8(2-5-9)4-7-11/h9,11H,2-7H2,1H3. The van der Waals surface area contributed by atoms with Crippen molar-refractivity contribution in [3.63, 3.8) is 0 Å². The van der Waals surface area contributed by atoms with Gasteiger partial charge in [-0.3, -0.25) is 4.90 Å². The third kappa shape index (κ3) is 6.62. The third-order valence-corrected chi connectivity index (χ3v) is 1.64. The fourth-order valence-electron chi connectivity index (χ4n) is 0.839. The molecule has 0 heterocycles. The number of nitrogens with zero attached hydrogens (tertiary/aromatic N) is 1. The largest absolute Gasteiger partial charge is 0.395 e. The Hall–Kier alpha value is 0.230. The van der Waals surface area contributed by atoms with E-state index in [1.54, 1.807) is 7.11 Å². The van der Waals surface area contributed by atoms with Crippen LogP contribution in [0.2, 0.25) is 0 Å². The van der Waals surface area contributed by atoms with Gasteiger partial charge in [-0.2, -0.15) is 12.6 Å². The molecular weight excluding hydrogens is 162 g/mol. The van der Waals surface area contributed by atoms with Crippen LogP contribution in [0, 0.1) is 0 Å². The molecule has 0 bridgehead atoms. The first-order valence-corrected chi connectivity index (χ1v) is 4.41. The molecule has 0 aromatic rings. The van der Waals surface area contributed by atoms with E-state index in [0.29, 0.717) is 13.2 Å². The van der Waals surface area contributed by atoms with Crippen LogP contribution in [0.25, 0.3) is 0 Å². The average molecular weight is 179 g/mol. The van der Waals surface area contributed by atoms with Gasteiger partial charge in [-0.1, -0.05) is 0 Å². The number of aliphatic hydroxyl groups is 1. The summed E-state index contributed by atoms with van der Waals surface area (Å²) in [5.41, 5.74) is 0. The number of hydrogen-bond donors (Lipinski definition) is 2. The Balaban J connectivity index is 3.34. The van der Waals surface area contributed by atoms with Gasteiger partial charge < -0.3 is 9.84 Å². The molecule has 0 aliphatic carbocycles. The van der Waals surface area contributed by atoms with Crippen molar-refractivity contribution in [2.24, 2.45) is 0 Å². The molecule has 0 atom stereocenters. The van der Waals surface area contributed by atoms with E-state index in [1.165, 1.54) is 0 Å². The maximum absolute atomic E-state index is 8.66. The Labute approximate surface area is 73.8 Å². The molecule has 0 unspecified atom stereocenters. The number of ether oxygens (including phenoxy) is 1. The molecule has 3 nitrogen and oxygen atoms in total. The van der Waals surface area contributed by atoms with E-state index < -0.39 is 0 Å². The SMILES string of the molecule is COCCN(CCO)CCS. The van der Waals surface area contributed by atoms with Crippen LogP contribution >= 0.6 is 12.6 Å². The van der Waals surface area contributed by atoms with Crippen LogP contribution in [0.1, 0.15) is 0 Å². The lowest BCUT2D eigenvalue weighted by atomic mass is 10.5. The number of methoxy groups -OCH3 is 1. The van der Waals surface area contributed by atoms with Gasteiger partial charge in [-0.25, -0.2) is 0 Å². The van der Waals surface area contributed by atoms with Gasteiger partial charge in [0, 0.05) is 32.5 Å². The fourth-order valence-corrected chi connectivity index (χ4v) is 1.12. The summed E-state index contributed by atoms with van der Waals surface area (Å²) in [6.07, 6.45) is 0. The van der Waals surface area contributed by atoms with Crippen molar-refractivity contribution in [1.29, 1.82) is 0 Å². The van der Waals surface area contributed by atoms with Crippen LogP contribution in [0.4, 0.5) is 0 Å². The van der Waals surface area contributed by atoms with Gasteiger partial charge in [0.05, 0.1) is 13.2 Å². The van der Waals surface area contributed by atoms with Gasteiger partial charge in [0.1, 0.15) is 0 Å². The Morgan fingerprint density at radius 3 is 2.55 bits per heavy atom. The topological polar surface area (TPSA) is 32.7 Å². The Morgan fingerprint density at radius 2 is 2.09 bits per heavy atom. The maximum Gasteiger partial charge on any atom is 0.0589 e. The maximum atomic E-state index is 8.66. The zero-order valence-corrected chi connectivity index (χ0v) is 7.89. The van der Waals surface area contributed by atoms with E-state index in [2.05, 4.69) is 17.5 Å². The molecule has 0 saturated heterocycles. The van der Waals surface area contributed by atoms with E-state index >= 15 is 0 Å². The van der Waals surface area contributed by atoms with Crippen LogP contribution in [0.3, 0.4) is 0 Å². The second-order valence-corrected chi connectivity index (χ2v) is 2.73. The van der Waals surface area contributed by atoms with Crippen LogP contribution in [-0.2, 0) is 4.74 Å². The predicted octanol–water partition coefficient (Wildman–Crippen LogP) is -0.143. The fraction of sp³-hybridized carbons (Fsp3) is 1.00. The predicted molar refractivity (Wildman–Crippen MR) is 49.3 cm³/mol. The first-order valence-electron chi connectivity index (χ1n) is 3.78. The van der Waals surface area contributed by atoms with Gasteiger partial charge in [0.15, 0.2) is 0 Å². The van der Waals surface area contributed by atoms with Crippen LogP contribution in [0.5, 0.6) is 0 Å². The van der Waals surface area contributed by atoms with Gasteiger partial charge in [-0.15, -0.1) is 0 Å². The highest BCUT2D eigenvalue weighted by atomic mass is 32.1. The average Bonchev–Trinajstić information content (AvgIpc) is 2.01. The third-order valence-electron chi connectivity index (χ3n) is 1.44. The summed E-state index contributed by atoms with van der Waals surface area (Å²) < 4.78 is 4.92. The van der Waals surface area contributed by atoms with Gasteiger partial charge >= 0.3 is 0 Å². The zero-order valence-electron chi connectivity index (χ0n) is 6.99. The Bertz CT molecular complexity index is 76.8. The molecule has 0 amide bonds. The Morgan fingerprint density at radius 1 is 1.36 bits per heavy atom. The molecular formula is C7H17NO2S. The normalized spacial score (nSPS) is 10.9. The molecule has 0 aromatic carbocycles. The van der Waals surface area contributed by atoms with Gasteiger partial charge in [0.2, 0.25) is 0 Å². The molecule has 0 fully saturated rings. The highest BCUT2D eigenvalue weighted by molar-refractivity contribution is 7.80. The molecule has 0 spiro atoms. The zero-order chi connectivity index (χ0) is 8.53. The van der Waals surface area contributed by atoms with E-state index in [4.69, 9.17) is 9.84 Å². The smallest absolute Gasteiger partial charge is 0.0589 e. The summed E-state index contributed by atoms with van der Waals surface area (Å²) >= 11 is 4.11. The highest BCUT2D eigenvalue weighted by Gasteiger charge is 2.00.